The van der Waals surface area contributed by atoms with Crippen LogP contribution in [0, 0.1) is 6.92 Å². The highest BCUT2D eigenvalue weighted by Crippen LogP contribution is 2.18. The number of aliphatic hydroxyl groups is 1. The molecule has 1 aromatic heterocycles. The number of guanidine groups is 1. The van der Waals surface area contributed by atoms with Gasteiger partial charge in [-0.1, -0.05) is 0 Å². The molecule has 0 atom stereocenters. The monoisotopic (exact) mass is 424 g/mol. The molecule has 3 N–H and O–H groups in total. The molecule has 0 unspecified atom stereocenters. The molecule has 1 aliphatic rings. The van der Waals surface area contributed by atoms with Crippen LogP contribution in [0.4, 0.5) is 0 Å². The summed E-state index contributed by atoms with van der Waals surface area (Å²) in [6.07, 6.45) is 3.65. The van der Waals surface area contributed by atoms with Gasteiger partial charge in [-0.25, -0.2) is 9.98 Å². The van der Waals surface area contributed by atoms with E-state index in [1.54, 1.807) is 11.3 Å². The van der Waals surface area contributed by atoms with Gasteiger partial charge in [0.2, 0.25) is 0 Å². The average molecular weight is 424 g/mol. The molecular formula is C14H25IN4OS. The van der Waals surface area contributed by atoms with Crippen LogP contribution in [0.25, 0.3) is 0 Å². The van der Waals surface area contributed by atoms with Crippen molar-refractivity contribution < 1.29 is 5.11 Å². The number of thiazole rings is 1. The predicted molar refractivity (Wildman–Crippen MR) is 98.5 cm³/mol. The van der Waals surface area contributed by atoms with E-state index in [1.807, 2.05) is 12.4 Å². The topological polar surface area (TPSA) is 69.5 Å². The number of nitrogens with zero attached hydrogens (tertiary/aromatic N) is 2. The first kappa shape index (κ1) is 18.6. The van der Waals surface area contributed by atoms with Crippen molar-refractivity contribution in [3.8, 4) is 0 Å². The van der Waals surface area contributed by atoms with Crippen LogP contribution in [-0.2, 0) is 6.54 Å². The highest BCUT2D eigenvalue weighted by Gasteiger charge is 2.19. The molecule has 7 heteroatoms. The third-order valence-corrected chi connectivity index (χ3v) is 4.53. The molecule has 2 rings (SSSR count). The summed E-state index contributed by atoms with van der Waals surface area (Å²) in [7, 11) is 0. The van der Waals surface area contributed by atoms with Crippen molar-refractivity contribution in [3.05, 3.63) is 16.1 Å². The van der Waals surface area contributed by atoms with Gasteiger partial charge in [0.15, 0.2) is 5.96 Å². The number of hydrogen-bond acceptors (Lipinski definition) is 4. The van der Waals surface area contributed by atoms with Gasteiger partial charge in [-0.05, 0) is 39.5 Å². The van der Waals surface area contributed by atoms with Gasteiger partial charge in [0, 0.05) is 17.5 Å². The molecule has 0 spiro atoms. The van der Waals surface area contributed by atoms with E-state index in [4.69, 9.17) is 0 Å². The molecule has 0 aliphatic heterocycles. The number of halogens is 1. The Morgan fingerprint density at radius 2 is 2.14 bits per heavy atom. The molecular weight excluding hydrogens is 399 g/mol. The van der Waals surface area contributed by atoms with Crippen LogP contribution in [0.5, 0.6) is 0 Å². The minimum atomic E-state index is -0.118. The maximum atomic E-state index is 9.54. The molecule has 1 heterocycles. The number of aromatic nitrogens is 1. The van der Waals surface area contributed by atoms with E-state index in [1.165, 1.54) is 4.88 Å². The number of aliphatic hydroxyl groups excluding tert-OH is 1. The van der Waals surface area contributed by atoms with E-state index in [0.717, 1.165) is 43.9 Å². The van der Waals surface area contributed by atoms with Crippen LogP contribution in [0.1, 0.15) is 43.2 Å². The predicted octanol–water partition coefficient (Wildman–Crippen LogP) is 2.43. The summed E-state index contributed by atoms with van der Waals surface area (Å²) in [6, 6.07) is 0.416. The minimum absolute atomic E-state index is 0. The summed E-state index contributed by atoms with van der Waals surface area (Å²) in [5.74, 6) is 0.863. The summed E-state index contributed by atoms with van der Waals surface area (Å²) in [6.45, 7) is 5.61. The summed E-state index contributed by atoms with van der Waals surface area (Å²) < 4.78 is 0. The van der Waals surface area contributed by atoms with Crippen molar-refractivity contribution in [2.45, 2.75) is 58.2 Å². The van der Waals surface area contributed by atoms with Crippen molar-refractivity contribution in [3.63, 3.8) is 0 Å². The van der Waals surface area contributed by atoms with Gasteiger partial charge in [-0.15, -0.1) is 35.3 Å². The Morgan fingerprint density at radius 1 is 1.43 bits per heavy atom. The minimum Gasteiger partial charge on any atom is -0.393 e. The zero-order valence-electron chi connectivity index (χ0n) is 12.6. The first-order valence-corrected chi connectivity index (χ1v) is 8.19. The van der Waals surface area contributed by atoms with Crippen LogP contribution >= 0.6 is 35.3 Å². The van der Waals surface area contributed by atoms with Crippen LogP contribution in [0.15, 0.2) is 10.5 Å². The average Bonchev–Trinajstić information content (AvgIpc) is 2.84. The fourth-order valence-electron chi connectivity index (χ4n) is 2.36. The number of hydrogen-bond donors (Lipinski definition) is 3. The van der Waals surface area contributed by atoms with E-state index >= 15 is 0 Å². The number of aliphatic imine (C=N–C) groups is 1. The SMILES string of the molecule is CCNC(=NCc1scnc1C)NC1CCC(O)CC1.I. The first-order valence-electron chi connectivity index (χ1n) is 7.31. The maximum Gasteiger partial charge on any atom is 0.191 e. The Kier molecular flexibility index (Phi) is 8.50. The van der Waals surface area contributed by atoms with Crippen molar-refractivity contribution in [1.29, 1.82) is 0 Å². The van der Waals surface area contributed by atoms with E-state index in [-0.39, 0.29) is 30.1 Å². The third kappa shape index (κ3) is 6.07. The lowest BCUT2D eigenvalue weighted by Gasteiger charge is -2.27. The van der Waals surface area contributed by atoms with E-state index in [2.05, 4.69) is 27.5 Å². The number of rotatable bonds is 4. The molecule has 0 saturated heterocycles. The van der Waals surface area contributed by atoms with Gasteiger partial charge in [-0.2, -0.15) is 0 Å². The molecule has 1 aromatic rings. The first-order chi connectivity index (χ1) is 9.69. The molecule has 21 heavy (non-hydrogen) atoms. The summed E-state index contributed by atoms with van der Waals surface area (Å²) in [5, 5.41) is 16.3. The zero-order valence-corrected chi connectivity index (χ0v) is 15.8. The Bertz CT molecular complexity index is 444. The zero-order chi connectivity index (χ0) is 14.4. The van der Waals surface area contributed by atoms with E-state index < -0.39 is 0 Å². The van der Waals surface area contributed by atoms with Gasteiger partial charge < -0.3 is 15.7 Å². The Morgan fingerprint density at radius 3 is 2.71 bits per heavy atom. The molecule has 0 aromatic carbocycles. The standard InChI is InChI=1S/C14H24N4OS.HI/c1-3-15-14(16-8-13-10(2)17-9-20-13)18-11-4-6-12(19)7-5-11;/h9,11-12,19H,3-8H2,1-2H3,(H2,15,16,18);1H. The van der Waals surface area contributed by atoms with Gasteiger partial charge in [0.25, 0.3) is 0 Å². The second kappa shape index (κ2) is 9.58. The van der Waals surface area contributed by atoms with Gasteiger partial charge in [0.05, 0.1) is 23.9 Å². The van der Waals surface area contributed by atoms with Crippen molar-refractivity contribution in [2.75, 3.05) is 6.54 Å². The fourth-order valence-corrected chi connectivity index (χ4v) is 3.06. The Labute approximate surface area is 147 Å². The van der Waals surface area contributed by atoms with Crippen molar-refractivity contribution in [1.82, 2.24) is 15.6 Å². The highest BCUT2D eigenvalue weighted by atomic mass is 127. The molecule has 1 aliphatic carbocycles. The molecule has 0 amide bonds. The quantitative estimate of drug-likeness (QED) is 0.395. The molecule has 5 nitrogen and oxygen atoms in total. The number of nitrogens with one attached hydrogen (secondary N) is 2. The van der Waals surface area contributed by atoms with Crippen LogP contribution in [0.3, 0.4) is 0 Å². The van der Waals surface area contributed by atoms with Crippen molar-refractivity contribution >= 4 is 41.3 Å². The molecule has 1 fully saturated rings. The van der Waals surface area contributed by atoms with E-state index in [9.17, 15) is 5.11 Å². The second-order valence-electron chi connectivity index (χ2n) is 5.21. The summed E-state index contributed by atoms with van der Waals surface area (Å²) in [5.41, 5.74) is 2.93. The molecule has 0 radical (unpaired) electrons. The lowest BCUT2D eigenvalue weighted by molar-refractivity contribution is 0.120. The molecule has 0 bridgehead atoms. The van der Waals surface area contributed by atoms with E-state index in [0.29, 0.717) is 12.6 Å². The third-order valence-electron chi connectivity index (χ3n) is 3.61. The summed E-state index contributed by atoms with van der Waals surface area (Å²) in [4.78, 5) is 10.1. The normalized spacial score (nSPS) is 22.5. The summed E-state index contributed by atoms with van der Waals surface area (Å²) >= 11 is 1.65. The smallest absolute Gasteiger partial charge is 0.191 e. The Balaban J connectivity index is 0.00000220. The highest BCUT2D eigenvalue weighted by molar-refractivity contribution is 14.0. The Hall–Kier alpha value is -0.410. The number of aryl methyl sites for hydroxylation is 1. The van der Waals surface area contributed by atoms with Crippen molar-refractivity contribution in [2.24, 2.45) is 4.99 Å². The van der Waals surface area contributed by atoms with Crippen LogP contribution in [-0.4, -0.2) is 34.7 Å². The van der Waals surface area contributed by atoms with Gasteiger partial charge >= 0.3 is 0 Å². The van der Waals surface area contributed by atoms with Crippen LogP contribution in [0.2, 0.25) is 0 Å². The van der Waals surface area contributed by atoms with Gasteiger partial charge in [0.1, 0.15) is 0 Å². The van der Waals surface area contributed by atoms with Gasteiger partial charge in [-0.3, -0.25) is 0 Å². The maximum absolute atomic E-state index is 9.54. The lowest BCUT2D eigenvalue weighted by Crippen LogP contribution is -2.45. The largest absolute Gasteiger partial charge is 0.393 e. The molecule has 1 saturated carbocycles. The fraction of sp³-hybridized carbons (Fsp3) is 0.714. The lowest BCUT2D eigenvalue weighted by atomic mass is 9.93. The second-order valence-corrected chi connectivity index (χ2v) is 6.15. The van der Waals surface area contributed by atoms with Crippen LogP contribution < -0.4 is 10.6 Å². The molecule has 120 valence electrons.